The lowest BCUT2D eigenvalue weighted by atomic mass is 10.1. The van der Waals surface area contributed by atoms with Gasteiger partial charge in [0.2, 0.25) is 0 Å². The summed E-state index contributed by atoms with van der Waals surface area (Å²) < 4.78 is 38.8. The van der Waals surface area contributed by atoms with E-state index in [1.54, 1.807) is 0 Å². The first-order valence-electron chi connectivity index (χ1n) is 6.29. The van der Waals surface area contributed by atoms with Crippen molar-refractivity contribution in [1.82, 2.24) is 4.90 Å². The molecule has 0 aromatic heterocycles. The van der Waals surface area contributed by atoms with E-state index in [0.717, 1.165) is 17.0 Å². The fraction of sp³-hybridized carbons (Fsp3) is 0.462. The molecule has 116 valence electrons. The van der Waals surface area contributed by atoms with E-state index in [9.17, 15) is 28.2 Å². The van der Waals surface area contributed by atoms with Crippen molar-refractivity contribution < 1.29 is 28.2 Å². The topological polar surface area (TPSA) is 72.8 Å². The summed E-state index contributed by atoms with van der Waals surface area (Å²) in [5, 5.41) is 21.3. The lowest BCUT2D eigenvalue weighted by Gasteiger charge is -2.20. The number of nitrogens with zero attached hydrogens (tertiary/aromatic N) is 1. The van der Waals surface area contributed by atoms with E-state index in [1.165, 1.54) is 13.1 Å². The largest absolute Gasteiger partial charge is 0.418 e. The highest BCUT2D eigenvalue weighted by atomic mass is 19.4. The van der Waals surface area contributed by atoms with Crippen molar-refractivity contribution in [2.24, 2.45) is 0 Å². The number of hydrogen-bond acceptors (Lipinski definition) is 4. The first-order chi connectivity index (χ1) is 9.75. The number of anilines is 1. The van der Waals surface area contributed by atoms with Crippen molar-refractivity contribution in [1.29, 1.82) is 0 Å². The second-order valence-corrected chi connectivity index (χ2v) is 4.82. The predicted octanol–water partition coefficient (Wildman–Crippen LogP) is 0.925. The number of aliphatic hydroxyl groups excluding tert-OH is 2. The third-order valence-corrected chi connectivity index (χ3v) is 3.40. The van der Waals surface area contributed by atoms with Crippen LogP contribution in [0.3, 0.4) is 0 Å². The molecule has 1 aromatic rings. The van der Waals surface area contributed by atoms with E-state index in [-0.39, 0.29) is 24.3 Å². The smallest absolute Gasteiger partial charge is 0.388 e. The van der Waals surface area contributed by atoms with Gasteiger partial charge in [0, 0.05) is 20.1 Å². The Morgan fingerprint density at radius 2 is 1.86 bits per heavy atom. The van der Waals surface area contributed by atoms with Crippen LogP contribution >= 0.6 is 0 Å². The zero-order chi connectivity index (χ0) is 15.8. The van der Waals surface area contributed by atoms with Gasteiger partial charge in [-0.15, -0.1) is 0 Å². The number of rotatable bonds is 2. The number of carbonyl (C=O) groups excluding carboxylic acids is 1. The lowest BCUT2D eigenvalue weighted by molar-refractivity contribution is -0.136. The Labute approximate surface area is 119 Å². The zero-order valence-corrected chi connectivity index (χ0v) is 11.2. The summed E-state index contributed by atoms with van der Waals surface area (Å²) >= 11 is 0. The number of nitrogens with one attached hydrogen (secondary N) is 1. The molecule has 1 aliphatic heterocycles. The van der Waals surface area contributed by atoms with Gasteiger partial charge in [0.15, 0.2) is 0 Å². The summed E-state index contributed by atoms with van der Waals surface area (Å²) in [6, 6.07) is 3.32. The van der Waals surface area contributed by atoms with Crippen LogP contribution in [0.2, 0.25) is 0 Å². The molecule has 1 aromatic carbocycles. The fourth-order valence-electron chi connectivity index (χ4n) is 2.34. The van der Waals surface area contributed by atoms with Crippen LogP contribution in [0.5, 0.6) is 0 Å². The summed E-state index contributed by atoms with van der Waals surface area (Å²) in [7, 11) is 1.30. The van der Waals surface area contributed by atoms with Gasteiger partial charge in [-0.2, -0.15) is 13.2 Å². The maximum absolute atomic E-state index is 12.9. The summed E-state index contributed by atoms with van der Waals surface area (Å²) in [5.41, 5.74) is -1.39. The number of benzene rings is 1. The molecular weight excluding hydrogens is 289 g/mol. The van der Waals surface area contributed by atoms with E-state index in [2.05, 4.69) is 5.32 Å². The van der Waals surface area contributed by atoms with Gasteiger partial charge in [0.25, 0.3) is 5.91 Å². The number of halogens is 3. The van der Waals surface area contributed by atoms with E-state index in [1.807, 2.05) is 0 Å². The van der Waals surface area contributed by atoms with Gasteiger partial charge in [-0.25, -0.2) is 0 Å². The molecule has 5 nitrogen and oxygen atoms in total. The van der Waals surface area contributed by atoms with Gasteiger partial charge in [0.1, 0.15) is 0 Å². The maximum Gasteiger partial charge on any atom is 0.418 e. The van der Waals surface area contributed by atoms with Crippen LogP contribution in [0.25, 0.3) is 0 Å². The Morgan fingerprint density at radius 3 is 2.33 bits per heavy atom. The molecule has 2 rings (SSSR count). The molecule has 0 saturated carbocycles. The molecule has 1 amide bonds. The average Bonchev–Trinajstić information content (AvgIpc) is 2.76. The Balaban J connectivity index is 2.38. The molecular formula is C13H15F3N2O3. The molecule has 2 unspecified atom stereocenters. The quantitative estimate of drug-likeness (QED) is 0.760. The van der Waals surface area contributed by atoms with E-state index >= 15 is 0 Å². The number of likely N-dealkylation sites (tertiary alicyclic amines) is 1. The monoisotopic (exact) mass is 304 g/mol. The minimum absolute atomic E-state index is 0.112. The molecule has 3 N–H and O–H groups in total. The Hall–Kier alpha value is -1.80. The first-order valence-corrected chi connectivity index (χ1v) is 6.29. The van der Waals surface area contributed by atoms with Crippen LogP contribution in [-0.2, 0) is 6.18 Å². The highest BCUT2D eigenvalue weighted by Gasteiger charge is 2.37. The minimum Gasteiger partial charge on any atom is -0.388 e. The van der Waals surface area contributed by atoms with Gasteiger partial charge in [0.05, 0.1) is 29.0 Å². The minimum atomic E-state index is -4.58. The fourth-order valence-corrected chi connectivity index (χ4v) is 2.34. The molecule has 0 bridgehead atoms. The molecule has 1 saturated heterocycles. The maximum atomic E-state index is 12.9. The van der Waals surface area contributed by atoms with Gasteiger partial charge >= 0.3 is 6.18 Å². The average molecular weight is 304 g/mol. The van der Waals surface area contributed by atoms with Crippen molar-refractivity contribution in [2.45, 2.75) is 18.4 Å². The molecule has 1 fully saturated rings. The molecule has 21 heavy (non-hydrogen) atoms. The summed E-state index contributed by atoms with van der Waals surface area (Å²) in [5.74, 6) is -0.666. The molecule has 0 radical (unpaired) electrons. The Bertz CT molecular complexity index is 538. The lowest BCUT2D eigenvalue weighted by Crippen LogP contribution is -2.30. The van der Waals surface area contributed by atoms with Gasteiger partial charge in [-0.05, 0) is 12.1 Å². The highest BCUT2D eigenvalue weighted by Crippen LogP contribution is 2.37. The Kier molecular flexibility index (Phi) is 4.11. The van der Waals surface area contributed by atoms with E-state index < -0.39 is 29.9 Å². The predicted molar refractivity (Wildman–Crippen MR) is 68.9 cm³/mol. The van der Waals surface area contributed by atoms with Gasteiger partial charge in [-0.3, -0.25) is 4.79 Å². The van der Waals surface area contributed by atoms with Crippen molar-refractivity contribution in [3.8, 4) is 0 Å². The molecule has 1 aliphatic rings. The summed E-state index contributed by atoms with van der Waals surface area (Å²) in [6.07, 6.45) is -6.76. The second kappa shape index (κ2) is 5.53. The van der Waals surface area contributed by atoms with Crippen LogP contribution in [0.4, 0.5) is 18.9 Å². The first kappa shape index (κ1) is 15.6. The SMILES string of the molecule is CNc1c(C(=O)N2CC(O)C(O)C2)cccc1C(F)(F)F. The number of alkyl halides is 3. The molecule has 0 aliphatic carbocycles. The van der Waals surface area contributed by atoms with E-state index in [4.69, 9.17) is 0 Å². The van der Waals surface area contributed by atoms with Crippen molar-refractivity contribution in [2.75, 3.05) is 25.5 Å². The van der Waals surface area contributed by atoms with Crippen molar-refractivity contribution >= 4 is 11.6 Å². The third kappa shape index (κ3) is 2.96. The standard InChI is InChI=1S/C13H15F3N2O3/c1-17-11-7(3-2-4-8(11)13(14,15)16)12(21)18-5-9(19)10(20)6-18/h2-4,9-10,17,19-20H,5-6H2,1H3. The summed E-state index contributed by atoms with van der Waals surface area (Å²) in [6.45, 7) is -0.223. The van der Waals surface area contributed by atoms with Gasteiger partial charge < -0.3 is 20.4 Å². The zero-order valence-electron chi connectivity index (χ0n) is 11.2. The number of aliphatic hydroxyl groups is 2. The van der Waals surface area contributed by atoms with Gasteiger partial charge in [-0.1, -0.05) is 6.07 Å². The van der Waals surface area contributed by atoms with Crippen LogP contribution in [-0.4, -0.2) is 53.4 Å². The number of amides is 1. The molecule has 1 heterocycles. The van der Waals surface area contributed by atoms with Crippen LogP contribution < -0.4 is 5.32 Å². The number of hydrogen-bond donors (Lipinski definition) is 3. The van der Waals surface area contributed by atoms with Crippen LogP contribution in [0, 0.1) is 0 Å². The Morgan fingerprint density at radius 1 is 1.29 bits per heavy atom. The second-order valence-electron chi connectivity index (χ2n) is 4.82. The van der Waals surface area contributed by atoms with Crippen molar-refractivity contribution in [3.63, 3.8) is 0 Å². The molecule has 0 spiro atoms. The number of β-amino-alcohol motifs (C(OH)–C–C–N with tert-alkyl or cyclic N) is 2. The van der Waals surface area contributed by atoms with Crippen molar-refractivity contribution in [3.05, 3.63) is 29.3 Å². The summed E-state index contributed by atoms with van der Waals surface area (Å²) in [4.78, 5) is 13.4. The number of para-hydroxylation sites is 1. The van der Waals surface area contributed by atoms with E-state index in [0.29, 0.717) is 0 Å². The molecule has 2 atom stereocenters. The van der Waals surface area contributed by atoms with Crippen LogP contribution in [0.1, 0.15) is 15.9 Å². The number of carbonyl (C=O) groups is 1. The third-order valence-electron chi connectivity index (χ3n) is 3.40. The highest BCUT2D eigenvalue weighted by molar-refractivity contribution is 6.00. The normalized spacial score (nSPS) is 22.5. The van der Waals surface area contributed by atoms with Crippen LogP contribution in [0.15, 0.2) is 18.2 Å². The molecule has 8 heteroatoms.